The molecule has 2 heterocycles. The molecule has 21 heavy (non-hydrogen) atoms. The van der Waals surface area contributed by atoms with Gasteiger partial charge in [0.2, 0.25) is 0 Å². The van der Waals surface area contributed by atoms with E-state index in [9.17, 15) is 14.4 Å². The van der Waals surface area contributed by atoms with E-state index in [1.54, 1.807) is 20.0 Å². The Labute approximate surface area is 119 Å². The van der Waals surface area contributed by atoms with E-state index in [1.807, 2.05) is 0 Å². The van der Waals surface area contributed by atoms with E-state index < -0.39 is 17.4 Å². The summed E-state index contributed by atoms with van der Waals surface area (Å²) in [6.07, 6.45) is 1.79. The van der Waals surface area contributed by atoms with Gasteiger partial charge in [-0.1, -0.05) is 5.21 Å². The topological polar surface area (TPSA) is 129 Å². The number of fused-ring (bicyclic) bond motifs is 1. The van der Waals surface area contributed by atoms with Gasteiger partial charge in [-0.25, -0.2) is 4.52 Å². The summed E-state index contributed by atoms with van der Waals surface area (Å²) in [5, 5.41) is 18.6. The number of aliphatic carboxylic acids is 1. The minimum absolute atomic E-state index is 0.0522. The van der Waals surface area contributed by atoms with Gasteiger partial charge < -0.3 is 15.4 Å². The summed E-state index contributed by atoms with van der Waals surface area (Å²) < 4.78 is 1.24. The molecule has 0 aliphatic rings. The highest BCUT2D eigenvalue weighted by Crippen LogP contribution is 2.04. The first-order valence-corrected chi connectivity index (χ1v) is 6.36. The first-order valence-electron chi connectivity index (χ1n) is 6.36. The van der Waals surface area contributed by atoms with Gasteiger partial charge in [0.15, 0.2) is 11.2 Å². The first kappa shape index (κ1) is 14.7. The summed E-state index contributed by atoms with van der Waals surface area (Å²) >= 11 is 0. The third-order valence-electron chi connectivity index (χ3n) is 2.92. The van der Waals surface area contributed by atoms with Crippen LogP contribution in [-0.2, 0) is 4.79 Å². The van der Waals surface area contributed by atoms with Crippen LogP contribution in [0.25, 0.3) is 5.52 Å². The summed E-state index contributed by atoms with van der Waals surface area (Å²) in [4.78, 5) is 37.0. The lowest BCUT2D eigenvalue weighted by Gasteiger charge is -2.11. The molecule has 2 aromatic heterocycles. The van der Waals surface area contributed by atoms with E-state index in [0.717, 1.165) is 0 Å². The van der Waals surface area contributed by atoms with Crippen LogP contribution in [0.4, 0.5) is 0 Å². The molecule has 2 aromatic rings. The maximum absolute atomic E-state index is 12.1. The molecule has 0 aliphatic heterocycles. The van der Waals surface area contributed by atoms with E-state index >= 15 is 0 Å². The number of H-pyrrole nitrogens is 1. The number of nitrogens with zero attached hydrogens (tertiary/aromatic N) is 3. The van der Waals surface area contributed by atoms with Crippen molar-refractivity contribution in [1.82, 2.24) is 25.1 Å². The molecule has 3 N–H and O–H groups in total. The molecule has 0 saturated carbocycles. The van der Waals surface area contributed by atoms with Gasteiger partial charge in [0.05, 0.1) is 6.20 Å². The molecule has 112 valence electrons. The van der Waals surface area contributed by atoms with Gasteiger partial charge in [-0.05, 0) is 20.3 Å². The molecular formula is C12H15N5O4. The number of carboxylic acid groups (broad SMARTS) is 1. The largest absolute Gasteiger partial charge is 0.481 e. The summed E-state index contributed by atoms with van der Waals surface area (Å²) in [7, 11) is 0. The summed E-state index contributed by atoms with van der Waals surface area (Å²) in [5.41, 5.74) is 0.115. The number of aryl methyl sites for hydroxylation is 1. The van der Waals surface area contributed by atoms with Crippen molar-refractivity contribution < 1.29 is 14.7 Å². The molecule has 9 nitrogen and oxygen atoms in total. The third-order valence-corrected chi connectivity index (χ3v) is 2.92. The Balaban J connectivity index is 2.20. The van der Waals surface area contributed by atoms with Crippen molar-refractivity contribution in [1.29, 1.82) is 0 Å². The second-order valence-corrected chi connectivity index (χ2v) is 4.80. The zero-order valence-corrected chi connectivity index (χ0v) is 11.6. The molecule has 9 heteroatoms. The lowest BCUT2D eigenvalue weighted by atomic mass is 10.2. The fourth-order valence-corrected chi connectivity index (χ4v) is 1.91. The number of amides is 1. The van der Waals surface area contributed by atoms with Crippen LogP contribution in [-0.4, -0.2) is 42.8 Å². The molecule has 0 saturated heterocycles. The standard InChI is InChI=1S/C12H15N5O4/c1-6(3-4-8(18)19)13-11(20)9-10-12(21)14-7(2)5-17(10)16-15-9/h5-6H,3-4H2,1-2H3,(H,13,20)(H,14,21)(H,18,19). The van der Waals surface area contributed by atoms with Gasteiger partial charge in [-0.3, -0.25) is 14.4 Å². The van der Waals surface area contributed by atoms with E-state index in [4.69, 9.17) is 5.11 Å². The van der Waals surface area contributed by atoms with Crippen LogP contribution < -0.4 is 10.9 Å². The molecule has 0 aliphatic carbocycles. The second-order valence-electron chi connectivity index (χ2n) is 4.80. The lowest BCUT2D eigenvalue weighted by Crippen LogP contribution is -2.34. The molecule has 1 atom stereocenters. The van der Waals surface area contributed by atoms with Gasteiger partial charge >= 0.3 is 5.97 Å². The van der Waals surface area contributed by atoms with Gasteiger partial charge in [0.1, 0.15) is 0 Å². The fourth-order valence-electron chi connectivity index (χ4n) is 1.91. The average Bonchev–Trinajstić information content (AvgIpc) is 2.80. The summed E-state index contributed by atoms with van der Waals surface area (Å²) in [5.74, 6) is -1.49. The molecule has 2 rings (SSSR count). The maximum atomic E-state index is 12.1. The number of hydrogen-bond acceptors (Lipinski definition) is 5. The van der Waals surface area contributed by atoms with Crippen molar-refractivity contribution in [3.63, 3.8) is 0 Å². The SMILES string of the molecule is Cc1cn2nnc(C(=O)NC(C)CCC(=O)O)c2c(=O)[nH]1. The Morgan fingerprint density at radius 2 is 2.24 bits per heavy atom. The quantitative estimate of drug-likeness (QED) is 0.694. The van der Waals surface area contributed by atoms with Crippen molar-refractivity contribution in [2.45, 2.75) is 32.7 Å². The Morgan fingerprint density at radius 1 is 1.52 bits per heavy atom. The minimum Gasteiger partial charge on any atom is -0.481 e. The fraction of sp³-hybridized carbons (Fsp3) is 0.417. The van der Waals surface area contributed by atoms with Gasteiger partial charge in [0, 0.05) is 18.2 Å². The number of carbonyl (C=O) groups is 2. The van der Waals surface area contributed by atoms with E-state index in [0.29, 0.717) is 5.69 Å². The minimum atomic E-state index is -0.933. The smallest absolute Gasteiger partial charge is 0.303 e. The number of nitrogens with one attached hydrogen (secondary N) is 2. The lowest BCUT2D eigenvalue weighted by molar-refractivity contribution is -0.137. The van der Waals surface area contributed by atoms with Crippen molar-refractivity contribution in [2.24, 2.45) is 0 Å². The molecule has 1 unspecified atom stereocenters. The summed E-state index contributed by atoms with van der Waals surface area (Å²) in [6.45, 7) is 3.37. The van der Waals surface area contributed by atoms with Crippen LogP contribution in [0.1, 0.15) is 35.9 Å². The van der Waals surface area contributed by atoms with Crippen molar-refractivity contribution in [3.8, 4) is 0 Å². The number of aromatic nitrogens is 4. The van der Waals surface area contributed by atoms with Gasteiger partial charge in [-0.2, -0.15) is 0 Å². The zero-order chi connectivity index (χ0) is 15.6. The van der Waals surface area contributed by atoms with Crippen molar-refractivity contribution in [2.75, 3.05) is 0 Å². The van der Waals surface area contributed by atoms with Gasteiger partial charge in [-0.15, -0.1) is 5.10 Å². The normalized spacial score (nSPS) is 12.3. The van der Waals surface area contributed by atoms with Crippen molar-refractivity contribution >= 4 is 17.4 Å². The van der Waals surface area contributed by atoms with E-state index in [1.165, 1.54) is 4.52 Å². The number of aromatic amines is 1. The molecule has 0 fully saturated rings. The van der Waals surface area contributed by atoms with Crippen LogP contribution in [0, 0.1) is 6.92 Å². The van der Waals surface area contributed by atoms with E-state index in [-0.39, 0.29) is 30.1 Å². The Morgan fingerprint density at radius 3 is 2.90 bits per heavy atom. The van der Waals surface area contributed by atoms with E-state index in [2.05, 4.69) is 20.6 Å². The number of carbonyl (C=O) groups excluding carboxylic acids is 1. The Kier molecular flexibility index (Phi) is 4.01. The van der Waals surface area contributed by atoms with Gasteiger partial charge in [0.25, 0.3) is 11.5 Å². The Bertz CT molecular complexity index is 748. The first-order chi connectivity index (χ1) is 9.88. The predicted molar refractivity (Wildman–Crippen MR) is 72.1 cm³/mol. The number of carboxylic acids is 1. The molecule has 0 aromatic carbocycles. The number of hydrogen-bond donors (Lipinski definition) is 3. The highest BCUT2D eigenvalue weighted by molar-refractivity contribution is 5.98. The molecule has 0 bridgehead atoms. The molecule has 0 spiro atoms. The molecular weight excluding hydrogens is 278 g/mol. The van der Waals surface area contributed by atoms with Crippen LogP contribution in [0.2, 0.25) is 0 Å². The highest BCUT2D eigenvalue weighted by atomic mass is 16.4. The molecule has 1 amide bonds. The monoisotopic (exact) mass is 293 g/mol. The highest BCUT2D eigenvalue weighted by Gasteiger charge is 2.19. The summed E-state index contributed by atoms with van der Waals surface area (Å²) in [6, 6.07) is -0.352. The third kappa shape index (κ3) is 3.25. The van der Waals surface area contributed by atoms with Crippen LogP contribution in [0.3, 0.4) is 0 Å². The van der Waals surface area contributed by atoms with Crippen LogP contribution in [0.5, 0.6) is 0 Å². The van der Waals surface area contributed by atoms with Crippen molar-refractivity contribution in [3.05, 3.63) is 27.9 Å². The molecule has 0 radical (unpaired) electrons. The maximum Gasteiger partial charge on any atom is 0.303 e. The number of rotatable bonds is 5. The zero-order valence-electron chi connectivity index (χ0n) is 11.6. The average molecular weight is 293 g/mol. The van der Waals surface area contributed by atoms with Crippen LogP contribution >= 0.6 is 0 Å². The second kappa shape index (κ2) is 5.73. The predicted octanol–water partition coefficient (Wildman–Crippen LogP) is -0.291. The van der Waals surface area contributed by atoms with Crippen LogP contribution in [0.15, 0.2) is 11.0 Å². The Hall–Kier alpha value is -2.71.